The van der Waals surface area contributed by atoms with E-state index >= 15 is 0 Å². The predicted octanol–water partition coefficient (Wildman–Crippen LogP) is 0.643. The highest BCUT2D eigenvalue weighted by molar-refractivity contribution is 7.89. The first-order valence-corrected chi connectivity index (χ1v) is 7.89. The van der Waals surface area contributed by atoms with Crippen LogP contribution in [0.4, 0.5) is 0 Å². The molecule has 110 valence electrons. The Labute approximate surface area is 118 Å². The van der Waals surface area contributed by atoms with Crippen LogP contribution in [0.1, 0.15) is 17.5 Å². The van der Waals surface area contributed by atoms with Crippen molar-refractivity contribution < 1.29 is 23.1 Å². The van der Waals surface area contributed by atoms with Crippen molar-refractivity contribution in [1.29, 1.82) is 0 Å². The topological polar surface area (TPSA) is 83.9 Å². The molecule has 0 aliphatic carbocycles. The van der Waals surface area contributed by atoms with E-state index in [9.17, 15) is 18.3 Å². The lowest BCUT2D eigenvalue weighted by molar-refractivity contribution is -0.140. The number of nitrogens with zero attached hydrogens (tertiary/aromatic N) is 1. The molecule has 0 atom stereocenters. The summed E-state index contributed by atoms with van der Waals surface area (Å²) in [4.78, 5) is 11.0. The molecule has 0 radical (unpaired) electrons. The van der Waals surface area contributed by atoms with Gasteiger partial charge in [-0.25, -0.2) is 8.42 Å². The molecule has 2 rings (SSSR count). The zero-order valence-electron chi connectivity index (χ0n) is 11.2. The normalized spacial score (nSPS) is 15.7. The van der Waals surface area contributed by atoms with Gasteiger partial charge in [0.15, 0.2) is 0 Å². The van der Waals surface area contributed by atoms with Gasteiger partial charge in [0, 0.05) is 13.1 Å². The molecule has 0 saturated heterocycles. The number of methoxy groups -OCH3 is 1. The highest BCUT2D eigenvalue weighted by Crippen LogP contribution is 2.25. The summed E-state index contributed by atoms with van der Waals surface area (Å²) in [7, 11) is -2.26. The average molecular weight is 299 g/mol. The molecule has 20 heavy (non-hydrogen) atoms. The molecule has 1 aromatic carbocycles. The van der Waals surface area contributed by atoms with Gasteiger partial charge in [0.1, 0.15) is 5.75 Å². The Bertz CT molecular complexity index is 611. The standard InChI is InChI=1S/C13H17NO5S/c1-19-13(16)5-7-20(17,18)14-6-4-10-2-3-12(15)8-11(10)9-14/h2-3,8,15H,4-7,9H2,1H3. The Kier molecular flexibility index (Phi) is 4.29. The number of phenols is 1. The Morgan fingerprint density at radius 2 is 2.15 bits per heavy atom. The second-order valence-electron chi connectivity index (χ2n) is 4.68. The molecule has 0 amide bonds. The van der Waals surface area contributed by atoms with Gasteiger partial charge >= 0.3 is 5.97 Å². The van der Waals surface area contributed by atoms with Crippen molar-refractivity contribution in [3.63, 3.8) is 0 Å². The fourth-order valence-electron chi connectivity index (χ4n) is 2.20. The largest absolute Gasteiger partial charge is 0.508 e. The van der Waals surface area contributed by atoms with E-state index in [1.54, 1.807) is 12.1 Å². The first-order chi connectivity index (χ1) is 9.42. The van der Waals surface area contributed by atoms with E-state index < -0.39 is 16.0 Å². The van der Waals surface area contributed by atoms with Gasteiger partial charge in [0.25, 0.3) is 0 Å². The SMILES string of the molecule is COC(=O)CCS(=O)(=O)N1CCc2ccc(O)cc2C1. The molecule has 1 heterocycles. The molecule has 0 spiro atoms. The number of hydrogen-bond acceptors (Lipinski definition) is 5. The minimum Gasteiger partial charge on any atom is -0.508 e. The van der Waals surface area contributed by atoms with E-state index in [1.165, 1.54) is 11.4 Å². The Morgan fingerprint density at radius 1 is 1.40 bits per heavy atom. The monoisotopic (exact) mass is 299 g/mol. The second kappa shape index (κ2) is 5.80. The lowest BCUT2D eigenvalue weighted by Gasteiger charge is -2.28. The number of carbonyl (C=O) groups is 1. The van der Waals surface area contributed by atoms with Gasteiger partial charge < -0.3 is 9.84 Å². The summed E-state index contributed by atoms with van der Waals surface area (Å²) in [6.45, 7) is 0.620. The fourth-order valence-corrected chi connectivity index (χ4v) is 3.59. The van der Waals surface area contributed by atoms with Crippen LogP contribution in [-0.4, -0.2) is 43.2 Å². The molecule has 0 saturated carbocycles. The maximum absolute atomic E-state index is 12.2. The third kappa shape index (κ3) is 3.29. The molecule has 7 heteroatoms. The average Bonchev–Trinajstić information content (AvgIpc) is 2.44. The van der Waals surface area contributed by atoms with Crippen molar-refractivity contribution in [3.05, 3.63) is 29.3 Å². The minimum atomic E-state index is -3.49. The zero-order valence-corrected chi connectivity index (χ0v) is 12.0. The van der Waals surface area contributed by atoms with E-state index in [4.69, 9.17) is 0 Å². The number of carbonyl (C=O) groups excluding carboxylic acids is 1. The number of ether oxygens (including phenoxy) is 1. The second-order valence-corrected chi connectivity index (χ2v) is 6.77. The van der Waals surface area contributed by atoms with Crippen LogP contribution in [0.15, 0.2) is 18.2 Å². The lowest BCUT2D eigenvalue weighted by atomic mass is 10.0. The first-order valence-electron chi connectivity index (χ1n) is 6.28. The molecular weight excluding hydrogens is 282 g/mol. The van der Waals surface area contributed by atoms with E-state index in [0.717, 1.165) is 11.1 Å². The van der Waals surface area contributed by atoms with Crippen LogP contribution in [-0.2, 0) is 32.5 Å². The van der Waals surface area contributed by atoms with Gasteiger partial charge in [-0.3, -0.25) is 4.79 Å². The summed E-state index contributed by atoms with van der Waals surface area (Å²) in [5.41, 5.74) is 1.85. The molecule has 0 aromatic heterocycles. The van der Waals surface area contributed by atoms with Crippen molar-refractivity contribution in [1.82, 2.24) is 4.31 Å². The maximum atomic E-state index is 12.2. The van der Waals surface area contributed by atoms with E-state index in [2.05, 4.69) is 4.74 Å². The molecule has 0 fully saturated rings. The summed E-state index contributed by atoms with van der Waals surface area (Å²) in [5, 5.41) is 9.46. The van der Waals surface area contributed by atoms with Gasteiger partial charge in [-0.2, -0.15) is 4.31 Å². The van der Waals surface area contributed by atoms with Gasteiger partial charge in [-0.15, -0.1) is 0 Å². The third-order valence-corrected chi connectivity index (χ3v) is 5.17. The van der Waals surface area contributed by atoms with Crippen LogP contribution in [0, 0.1) is 0 Å². The number of aromatic hydroxyl groups is 1. The summed E-state index contributed by atoms with van der Waals surface area (Å²) in [6.07, 6.45) is 0.454. The van der Waals surface area contributed by atoms with Crippen molar-refractivity contribution in [3.8, 4) is 5.75 Å². The van der Waals surface area contributed by atoms with Crippen LogP contribution in [0.5, 0.6) is 5.75 Å². The van der Waals surface area contributed by atoms with Crippen LogP contribution in [0.25, 0.3) is 0 Å². The van der Waals surface area contributed by atoms with Crippen LogP contribution < -0.4 is 0 Å². The summed E-state index contributed by atoms with van der Waals surface area (Å²) >= 11 is 0. The van der Waals surface area contributed by atoms with Crippen molar-refractivity contribution in [2.24, 2.45) is 0 Å². The van der Waals surface area contributed by atoms with Crippen molar-refractivity contribution in [2.75, 3.05) is 19.4 Å². The third-order valence-electron chi connectivity index (χ3n) is 3.35. The lowest BCUT2D eigenvalue weighted by Crippen LogP contribution is -2.37. The molecule has 6 nitrogen and oxygen atoms in total. The Hall–Kier alpha value is -1.60. The number of phenolic OH excluding ortho intramolecular Hbond substituents is 1. The minimum absolute atomic E-state index is 0.123. The van der Waals surface area contributed by atoms with E-state index in [1.807, 2.05) is 6.07 Å². The zero-order chi connectivity index (χ0) is 14.8. The summed E-state index contributed by atoms with van der Waals surface area (Å²) < 4.78 is 30.1. The van der Waals surface area contributed by atoms with Crippen LogP contribution in [0.3, 0.4) is 0 Å². The molecule has 1 aliphatic rings. The number of esters is 1. The molecule has 0 bridgehead atoms. The molecule has 1 aliphatic heterocycles. The number of fused-ring (bicyclic) bond motifs is 1. The molecular formula is C13H17NO5S. The predicted molar refractivity (Wildman–Crippen MR) is 72.6 cm³/mol. The van der Waals surface area contributed by atoms with Gasteiger partial charge in [-0.05, 0) is 29.7 Å². The van der Waals surface area contributed by atoms with E-state index in [-0.39, 0.29) is 24.5 Å². The number of rotatable bonds is 4. The van der Waals surface area contributed by atoms with Crippen molar-refractivity contribution >= 4 is 16.0 Å². The summed E-state index contributed by atoms with van der Waals surface area (Å²) in [5.74, 6) is -0.672. The quantitative estimate of drug-likeness (QED) is 0.825. The highest BCUT2D eigenvalue weighted by Gasteiger charge is 2.27. The molecule has 1 N–H and O–H groups in total. The Morgan fingerprint density at radius 3 is 2.85 bits per heavy atom. The first kappa shape index (κ1) is 14.8. The van der Waals surface area contributed by atoms with Crippen LogP contribution in [0.2, 0.25) is 0 Å². The Balaban J connectivity index is 2.09. The number of benzene rings is 1. The van der Waals surface area contributed by atoms with Gasteiger partial charge in [0.2, 0.25) is 10.0 Å². The highest BCUT2D eigenvalue weighted by atomic mass is 32.2. The van der Waals surface area contributed by atoms with Crippen molar-refractivity contribution in [2.45, 2.75) is 19.4 Å². The van der Waals surface area contributed by atoms with E-state index in [0.29, 0.717) is 13.0 Å². The fraction of sp³-hybridized carbons (Fsp3) is 0.462. The molecule has 1 aromatic rings. The van der Waals surface area contributed by atoms with Gasteiger partial charge in [-0.1, -0.05) is 6.07 Å². The van der Waals surface area contributed by atoms with Crippen LogP contribution >= 0.6 is 0 Å². The molecule has 0 unspecified atom stereocenters. The number of hydrogen-bond donors (Lipinski definition) is 1. The number of sulfonamides is 1. The maximum Gasteiger partial charge on any atom is 0.306 e. The smallest absolute Gasteiger partial charge is 0.306 e. The summed E-state index contributed by atoms with van der Waals surface area (Å²) in [6, 6.07) is 4.99. The van der Waals surface area contributed by atoms with Gasteiger partial charge in [0.05, 0.1) is 19.3 Å².